The van der Waals surface area contributed by atoms with Gasteiger partial charge < -0.3 is 24.6 Å². The van der Waals surface area contributed by atoms with Crippen molar-refractivity contribution in [2.24, 2.45) is 0 Å². The van der Waals surface area contributed by atoms with Crippen LogP contribution in [0.5, 0.6) is 11.5 Å². The number of halogens is 2. The molecule has 3 amide bonds. The Bertz CT molecular complexity index is 1330. The Kier molecular flexibility index (Phi) is 9.14. The van der Waals surface area contributed by atoms with Crippen LogP contribution in [0, 0.1) is 11.6 Å². The number of amides is 3. The molecule has 216 valence electrons. The minimum atomic E-state index is -2.28. The van der Waals surface area contributed by atoms with E-state index in [1.807, 2.05) is 0 Å². The molecule has 0 fully saturated rings. The lowest BCUT2D eigenvalue weighted by Gasteiger charge is -2.41. The van der Waals surface area contributed by atoms with Crippen LogP contribution in [0.3, 0.4) is 0 Å². The van der Waals surface area contributed by atoms with Crippen LogP contribution in [0.2, 0.25) is 0 Å². The van der Waals surface area contributed by atoms with Crippen LogP contribution in [0.4, 0.5) is 24.1 Å². The molecule has 2 unspecified atom stereocenters. The number of methoxy groups -OCH3 is 2. The summed E-state index contributed by atoms with van der Waals surface area (Å²) in [6, 6.07) is 4.87. The first-order chi connectivity index (χ1) is 18.8. The maximum absolute atomic E-state index is 15.1. The number of benzene rings is 2. The molecule has 14 heteroatoms. The third-order valence-electron chi connectivity index (χ3n) is 5.83. The van der Waals surface area contributed by atoms with Gasteiger partial charge in [-0.25, -0.2) is 38.5 Å². The number of hydrogen-bond donors (Lipinski definition) is 3. The monoisotopic (exact) mass is 562 g/mol. The summed E-state index contributed by atoms with van der Waals surface area (Å²) in [5, 5.41) is 19.3. The topological polar surface area (TPSA) is 140 Å². The Morgan fingerprint density at radius 3 is 2.42 bits per heavy atom. The van der Waals surface area contributed by atoms with E-state index < -0.39 is 47.5 Å². The molecule has 2 aromatic carbocycles. The number of nitrogens with one attached hydrogen (secondary N) is 2. The first-order valence-electron chi connectivity index (χ1n) is 12.1. The number of ether oxygens (including phenoxy) is 3. The van der Waals surface area contributed by atoms with Crippen LogP contribution in [0.1, 0.15) is 33.3 Å². The molecule has 0 bridgehead atoms. The van der Waals surface area contributed by atoms with Crippen molar-refractivity contribution in [3.63, 3.8) is 0 Å². The van der Waals surface area contributed by atoms with Gasteiger partial charge in [0.15, 0.2) is 0 Å². The fourth-order valence-electron chi connectivity index (χ4n) is 3.86. The number of aromatic nitrogens is 3. The number of carbonyl (C=O) groups excluding carboxylic acids is 2. The minimum absolute atomic E-state index is 0.198. The Hall–Kier alpha value is -4.46. The predicted octanol–water partition coefficient (Wildman–Crippen LogP) is 3.82. The van der Waals surface area contributed by atoms with Crippen LogP contribution >= 0.6 is 0 Å². The molecule has 0 radical (unpaired) electrons. The first kappa shape index (κ1) is 30.1. The second kappa shape index (κ2) is 12.2. The van der Waals surface area contributed by atoms with Gasteiger partial charge in [0, 0.05) is 17.7 Å². The van der Waals surface area contributed by atoms with Gasteiger partial charge in [0.2, 0.25) is 0 Å². The van der Waals surface area contributed by atoms with Gasteiger partial charge in [-0.3, -0.25) is 0 Å². The van der Waals surface area contributed by atoms with E-state index in [0.717, 1.165) is 17.1 Å². The van der Waals surface area contributed by atoms with Gasteiger partial charge in [0.25, 0.3) is 0 Å². The lowest BCUT2D eigenvalue weighted by atomic mass is 9.86. The Labute approximate surface area is 229 Å². The molecule has 2 atom stereocenters. The second-order valence-electron chi connectivity index (χ2n) is 9.80. The normalized spacial score (nSPS) is 13.5. The fraction of sp³-hybridized carbons (Fsp3) is 0.385. The lowest BCUT2D eigenvalue weighted by Crippen LogP contribution is -2.61. The van der Waals surface area contributed by atoms with E-state index in [1.54, 1.807) is 26.8 Å². The van der Waals surface area contributed by atoms with Crippen molar-refractivity contribution in [2.45, 2.75) is 51.5 Å². The van der Waals surface area contributed by atoms with Crippen molar-refractivity contribution in [2.75, 3.05) is 19.5 Å². The molecule has 3 rings (SSSR count). The van der Waals surface area contributed by atoms with Gasteiger partial charge in [-0.2, -0.15) is 5.10 Å². The number of hydrazine groups is 1. The highest BCUT2D eigenvalue weighted by Gasteiger charge is 2.45. The molecule has 0 aliphatic carbocycles. The van der Waals surface area contributed by atoms with Gasteiger partial charge in [-0.05, 0) is 45.9 Å². The predicted molar refractivity (Wildman–Crippen MR) is 140 cm³/mol. The lowest BCUT2D eigenvalue weighted by molar-refractivity contribution is -0.0634. The molecule has 1 aromatic heterocycles. The number of urea groups is 1. The van der Waals surface area contributed by atoms with E-state index in [4.69, 9.17) is 14.2 Å². The summed E-state index contributed by atoms with van der Waals surface area (Å²) in [6.45, 7) is 5.80. The number of hydrogen-bond acceptors (Lipinski definition) is 8. The van der Waals surface area contributed by atoms with Gasteiger partial charge >= 0.3 is 12.1 Å². The summed E-state index contributed by atoms with van der Waals surface area (Å²) in [4.78, 5) is 30.3. The Morgan fingerprint density at radius 1 is 1.12 bits per heavy atom. The van der Waals surface area contributed by atoms with Crippen molar-refractivity contribution >= 4 is 17.8 Å². The van der Waals surface area contributed by atoms with Gasteiger partial charge in [-0.1, -0.05) is 6.07 Å². The molecule has 40 heavy (non-hydrogen) atoms. The zero-order valence-electron chi connectivity index (χ0n) is 22.9. The minimum Gasteiger partial charge on any atom is -0.497 e. The van der Waals surface area contributed by atoms with Crippen LogP contribution in [-0.4, -0.2) is 62.9 Å². The van der Waals surface area contributed by atoms with Crippen LogP contribution in [0.15, 0.2) is 49.1 Å². The van der Waals surface area contributed by atoms with Crippen LogP contribution in [-0.2, 0) is 16.9 Å². The van der Waals surface area contributed by atoms with Crippen LogP contribution in [0.25, 0.3) is 0 Å². The van der Waals surface area contributed by atoms with E-state index in [1.165, 1.54) is 50.6 Å². The molecule has 0 aliphatic heterocycles. The van der Waals surface area contributed by atoms with Crippen molar-refractivity contribution in [1.29, 1.82) is 0 Å². The Morgan fingerprint density at radius 2 is 1.85 bits per heavy atom. The quantitative estimate of drug-likeness (QED) is 0.352. The molecule has 3 aromatic rings. The molecule has 12 nitrogen and oxygen atoms in total. The maximum atomic E-state index is 15.1. The summed E-state index contributed by atoms with van der Waals surface area (Å²) in [5.74, 6) is -1.25. The smallest absolute Gasteiger partial charge is 0.426 e. The summed E-state index contributed by atoms with van der Waals surface area (Å²) in [5.41, 5.74) is -1.04. The summed E-state index contributed by atoms with van der Waals surface area (Å²) >= 11 is 0. The summed E-state index contributed by atoms with van der Waals surface area (Å²) < 4.78 is 45.9. The zero-order chi connectivity index (χ0) is 29.7. The molecule has 3 N–H and O–H groups in total. The highest BCUT2D eigenvalue weighted by molar-refractivity contribution is 5.92. The van der Waals surface area contributed by atoms with Crippen molar-refractivity contribution in [3.05, 3.63) is 66.3 Å². The fourth-order valence-corrected chi connectivity index (χ4v) is 3.86. The molecular weight excluding hydrogens is 530 g/mol. The maximum Gasteiger partial charge on any atom is 0.426 e. The first-order valence-corrected chi connectivity index (χ1v) is 12.1. The third kappa shape index (κ3) is 7.14. The molecule has 0 saturated heterocycles. The van der Waals surface area contributed by atoms with Crippen molar-refractivity contribution < 1.29 is 37.7 Å². The van der Waals surface area contributed by atoms with E-state index in [2.05, 4.69) is 20.8 Å². The second-order valence-corrected chi connectivity index (χ2v) is 9.80. The summed E-state index contributed by atoms with van der Waals surface area (Å²) in [6.07, 6.45) is 1.44. The average molecular weight is 563 g/mol. The average Bonchev–Trinajstić information content (AvgIpc) is 3.38. The summed E-state index contributed by atoms with van der Waals surface area (Å²) in [7, 11) is 2.85. The molecule has 1 heterocycles. The molecule has 0 aliphatic rings. The third-order valence-corrected chi connectivity index (χ3v) is 5.83. The number of aliphatic hydroxyl groups is 1. The highest BCUT2D eigenvalue weighted by atomic mass is 19.1. The van der Waals surface area contributed by atoms with Gasteiger partial charge in [0.1, 0.15) is 47.0 Å². The van der Waals surface area contributed by atoms with Crippen molar-refractivity contribution in [3.8, 4) is 11.5 Å². The largest absolute Gasteiger partial charge is 0.497 e. The number of rotatable bonds is 8. The standard InChI is InChI=1S/C26H32F2N6O6/c1-16(26(37,13-33-15-29-14-30-33)19-9-7-17(27)11-20(19)28)34(32-24(36)40-25(2,3)4)23(35)31-21-10-8-18(38-5)12-22(21)39-6/h7-12,14-16,37H,13H2,1-6H3,(H,31,35)(H,32,36). The van der Waals surface area contributed by atoms with Crippen molar-refractivity contribution in [1.82, 2.24) is 25.2 Å². The molecule has 0 saturated carbocycles. The van der Waals surface area contributed by atoms with E-state index in [-0.39, 0.29) is 17.0 Å². The van der Waals surface area contributed by atoms with Gasteiger partial charge in [0.05, 0.1) is 32.5 Å². The highest BCUT2D eigenvalue weighted by Crippen LogP contribution is 2.34. The van der Waals surface area contributed by atoms with E-state index in [9.17, 15) is 19.1 Å². The van der Waals surface area contributed by atoms with Crippen LogP contribution < -0.4 is 20.2 Å². The number of carbonyl (C=O) groups is 2. The van der Waals surface area contributed by atoms with E-state index >= 15 is 4.39 Å². The zero-order valence-corrected chi connectivity index (χ0v) is 22.9. The van der Waals surface area contributed by atoms with E-state index in [0.29, 0.717) is 11.8 Å². The molecule has 0 spiro atoms. The molecular formula is C26H32F2N6O6. The Balaban J connectivity index is 2.07. The van der Waals surface area contributed by atoms with Gasteiger partial charge in [-0.15, -0.1) is 0 Å². The SMILES string of the molecule is COc1ccc(NC(=O)N(NC(=O)OC(C)(C)C)C(C)C(O)(Cn2cncn2)c2ccc(F)cc2F)c(OC)c1. The number of anilines is 1. The number of nitrogens with zero attached hydrogens (tertiary/aromatic N) is 4.